The molecule has 6 nitrogen and oxygen atoms in total. The number of benzene rings is 1. The Labute approximate surface area is 180 Å². The molecule has 2 atom stereocenters. The van der Waals surface area contributed by atoms with Crippen molar-refractivity contribution in [1.29, 1.82) is 0 Å². The number of carbonyl (C=O) groups is 1. The summed E-state index contributed by atoms with van der Waals surface area (Å²) in [5, 5.41) is 12.7. The predicted octanol–water partition coefficient (Wildman–Crippen LogP) is 4.16. The Kier molecular flexibility index (Phi) is 4.74. The van der Waals surface area contributed by atoms with Gasteiger partial charge in [0, 0.05) is 35.8 Å². The molecule has 2 fully saturated rings. The maximum Gasteiger partial charge on any atom is 0.340 e. The molecule has 1 aliphatic carbocycles. The Morgan fingerprint density at radius 3 is 2.65 bits per heavy atom. The molecule has 3 aromatic rings. The summed E-state index contributed by atoms with van der Waals surface area (Å²) < 4.78 is 11.4. The fourth-order valence-electron chi connectivity index (χ4n) is 5.49. The highest BCUT2D eigenvalue weighted by molar-refractivity contribution is 5.97. The van der Waals surface area contributed by atoms with Gasteiger partial charge >= 0.3 is 5.63 Å². The molecule has 0 bridgehead atoms. The minimum absolute atomic E-state index is 0.0245. The van der Waals surface area contributed by atoms with Gasteiger partial charge in [-0.2, -0.15) is 0 Å². The van der Waals surface area contributed by atoms with Crippen LogP contribution in [0.3, 0.4) is 0 Å². The number of aliphatic hydroxyl groups is 1. The van der Waals surface area contributed by atoms with Gasteiger partial charge in [0.05, 0.1) is 17.6 Å². The van der Waals surface area contributed by atoms with Gasteiger partial charge in [-0.05, 0) is 57.2 Å². The van der Waals surface area contributed by atoms with Gasteiger partial charge in [0.15, 0.2) is 0 Å². The van der Waals surface area contributed by atoms with Crippen LogP contribution in [0.25, 0.3) is 21.9 Å². The van der Waals surface area contributed by atoms with E-state index in [1.165, 1.54) is 0 Å². The van der Waals surface area contributed by atoms with Crippen molar-refractivity contribution in [2.24, 2.45) is 5.92 Å². The topological polar surface area (TPSA) is 83.9 Å². The van der Waals surface area contributed by atoms with Crippen LogP contribution in [0.4, 0.5) is 0 Å². The Balaban J connectivity index is 1.46. The van der Waals surface area contributed by atoms with Gasteiger partial charge in [-0.3, -0.25) is 4.79 Å². The number of fused-ring (bicyclic) bond motifs is 3. The van der Waals surface area contributed by atoms with Crippen molar-refractivity contribution in [3.05, 3.63) is 45.0 Å². The van der Waals surface area contributed by atoms with Crippen LogP contribution in [-0.2, 0) is 11.2 Å². The van der Waals surface area contributed by atoms with Crippen LogP contribution >= 0.6 is 0 Å². The summed E-state index contributed by atoms with van der Waals surface area (Å²) in [5.41, 5.74) is 2.34. The van der Waals surface area contributed by atoms with Gasteiger partial charge in [0.1, 0.15) is 16.9 Å². The van der Waals surface area contributed by atoms with Crippen molar-refractivity contribution in [2.75, 3.05) is 13.1 Å². The quantitative estimate of drug-likeness (QED) is 0.626. The number of piperidine rings is 1. The van der Waals surface area contributed by atoms with Crippen LogP contribution in [0.5, 0.6) is 0 Å². The van der Waals surface area contributed by atoms with E-state index < -0.39 is 11.2 Å². The SMILES string of the molecule is Cc1oc2cc3oc(=O)c(CC(=O)N4CC[C@]5(O)CCCC[C@@H]5C4)c(C)c3cc2c1C. The van der Waals surface area contributed by atoms with E-state index in [0.29, 0.717) is 36.2 Å². The number of hydrogen-bond acceptors (Lipinski definition) is 5. The average molecular weight is 424 g/mol. The van der Waals surface area contributed by atoms with E-state index in [-0.39, 0.29) is 18.2 Å². The van der Waals surface area contributed by atoms with E-state index in [2.05, 4.69) is 0 Å². The van der Waals surface area contributed by atoms with E-state index in [4.69, 9.17) is 8.83 Å². The summed E-state index contributed by atoms with van der Waals surface area (Å²) in [6, 6.07) is 3.75. The molecule has 0 radical (unpaired) electrons. The first kappa shape index (κ1) is 20.3. The lowest BCUT2D eigenvalue weighted by molar-refractivity contribution is -0.142. The van der Waals surface area contributed by atoms with Crippen molar-refractivity contribution >= 4 is 27.8 Å². The second-order valence-electron chi connectivity index (χ2n) is 9.43. The summed E-state index contributed by atoms with van der Waals surface area (Å²) in [6.45, 7) is 6.92. The highest BCUT2D eigenvalue weighted by atomic mass is 16.4. The van der Waals surface area contributed by atoms with Crippen molar-refractivity contribution in [3.63, 3.8) is 0 Å². The third-order valence-electron chi connectivity index (χ3n) is 7.69. The molecule has 1 saturated carbocycles. The second-order valence-corrected chi connectivity index (χ2v) is 9.43. The van der Waals surface area contributed by atoms with Crippen molar-refractivity contribution in [2.45, 2.75) is 64.9 Å². The molecular formula is C25H29NO5. The van der Waals surface area contributed by atoms with Crippen LogP contribution in [0.15, 0.2) is 25.8 Å². The monoisotopic (exact) mass is 423 g/mol. The molecule has 1 aromatic carbocycles. The van der Waals surface area contributed by atoms with Crippen LogP contribution in [0.2, 0.25) is 0 Å². The number of carbonyl (C=O) groups excluding carboxylic acids is 1. The maximum absolute atomic E-state index is 13.1. The molecule has 1 aliphatic heterocycles. The number of aryl methyl sites for hydroxylation is 3. The lowest BCUT2D eigenvalue weighted by Gasteiger charge is -2.47. The van der Waals surface area contributed by atoms with Crippen LogP contribution in [-0.4, -0.2) is 34.6 Å². The molecule has 6 heteroatoms. The zero-order valence-electron chi connectivity index (χ0n) is 18.4. The lowest BCUT2D eigenvalue weighted by Crippen LogP contribution is -2.55. The second kappa shape index (κ2) is 7.23. The molecule has 2 aliphatic rings. The van der Waals surface area contributed by atoms with E-state index in [9.17, 15) is 14.7 Å². The number of likely N-dealkylation sites (tertiary alicyclic amines) is 1. The van der Waals surface area contributed by atoms with Crippen molar-refractivity contribution in [3.8, 4) is 0 Å². The van der Waals surface area contributed by atoms with E-state index >= 15 is 0 Å². The third kappa shape index (κ3) is 3.28. The first-order valence-corrected chi connectivity index (χ1v) is 11.2. The zero-order chi connectivity index (χ0) is 21.9. The summed E-state index contributed by atoms with van der Waals surface area (Å²) >= 11 is 0. The molecule has 164 valence electrons. The highest BCUT2D eigenvalue weighted by Crippen LogP contribution is 2.40. The van der Waals surface area contributed by atoms with E-state index in [0.717, 1.165) is 53.3 Å². The van der Waals surface area contributed by atoms with Gasteiger partial charge in [0.2, 0.25) is 5.91 Å². The fourth-order valence-corrected chi connectivity index (χ4v) is 5.49. The molecule has 1 amide bonds. The smallest absolute Gasteiger partial charge is 0.340 e. The maximum atomic E-state index is 13.1. The molecule has 1 saturated heterocycles. The molecule has 0 unspecified atom stereocenters. The van der Waals surface area contributed by atoms with Crippen LogP contribution in [0.1, 0.15) is 54.6 Å². The summed E-state index contributed by atoms with van der Waals surface area (Å²) in [7, 11) is 0. The lowest BCUT2D eigenvalue weighted by atomic mass is 9.71. The number of hydrogen-bond donors (Lipinski definition) is 1. The zero-order valence-corrected chi connectivity index (χ0v) is 18.4. The highest BCUT2D eigenvalue weighted by Gasteiger charge is 2.43. The Morgan fingerprint density at radius 2 is 1.84 bits per heavy atom. The normalized spacial score (nSPS) is 24.0. The van der Waals surface area contributed by atoms with Gasteiger partial charge < -0.3 is 18.8 Å². The number of furan rings is 1. The molecule has 0 spiro atoms. The predicted molar refractivity (Wildman–Crippen MR) is 118 cm³/mol. The van der Waals surface area contributed by atoms with Gasteiger partial charge in [-0.15, -0.1) is 0 Å². The summed E-state index contributed by atoms with van der Waals surface area (Å²) in [4.78, 5) is 27.7. The van der Waals surface area contributed by atoms with Crippen LogP contribution < -0.4 is 5.63 Å². The first-order valence-electron chi connectivity index (χ1n) is 11.2. The molecule has 3 heterocycles. The number of amides is 1. The minimum atomic E-state index is -0.626. The third-order valence-corrected chi connectivity index (χ3v) is 7.69. The van der Waals surface area contributed by atoms with Gasteiger partial charge in [-0.25, -0.2) is 4.79 Å². The number of rotatable bonds is 2. The average Bonchev–Trinajstić information content (AvgIpc) is 3.02. The standard InChI is InChI=1S/C25H29NO5/c1-14-16(3)30-21-12-22-19(10-18(14)21)15(2)20(24(28)31-22)11-23(27)26-9-8-25(29)7-5-4-6-17(25)13-26/h10,12,17,29H,4-9,11,13H2,1-3H3/t17-,25-/m1/s1. The first-order chi connectivity index (χ1) is 14.8. The largest absolute Gasteiger partial charge is 0.461 e. The summed E-state index contributed by atoms with van der Waals surface area (Å²) in [6.07, 6.45) is 4.58. The van der Waals surface area contributed by atoms with E-state index in [1.54, 1.807) is 6.07 Å². The van der Waals surface area contributed by atoms with Crippen molar-refractivity contribution in [1.82, 2.24) is 4.90 Å². The van der Waals surface area contributed by atoms with Crippen LogP contribution in [0, 0.1) is 26.7 Å². The Hall–Kier alpha value is -2.60. The minimum Gasteiger partial charge on any atom is -0.461 e. The van der Waals surface area contributed by atoms with Gasteiger partial charge in [-0.1, -0.05) is 12.8 Å². The Morgan fingerprint density at radius 1 is 1.10 bits per heavy atom. The molecule has 31 heavy (non-hydrogen) atoms. The number of nitrogens with zero attached hydrogens (tertiary/aromatic N) is 1. The van der Waals surface area contributed by atoms with Crippen molar-refractivity contribution < 1.29 is 18.7 Å². The summed E-state index contributed by atoms with van der Waals surface area (Å²) in [5.74, 6) is 0.904. The molecule has 1 N–H and O–H groups in total. The molecule has 2 aromatic heterocycles. The fraction of sp³-hybridized carbons (Fsp3) is 0.520. The van der Waals surface area contributed by atoms with Gasteiger partial charge in [0.25, 0.3) is 0 Å². The molecule has 5 rings (SSSR count). The van der Waals surface area contributed by atoms with E-state index in [1.807, 2.05) is 31.7 Å². The Bertz CT molecular complexity index is 1250. The molecular weight excluding hydrogens is 394 g/mol.